The molecule has 6 nitrogen and oxygen atoms in total. The molecule has 0 spiro atoms. The van der Waals surface area contributed by atoms with Gasteiger partial charge in [0.25, 0.3) is 0 Å². The average Bonchev–Trinajstić information content (AvgIpc) is 2.88. The van der Waals surface area contributed by atoms with E-state index in [9.17, 15) is 4.79 Å². The Kier molecular flexibility index (Phi) is 4.75. The van der Waals surface area contributed by atoms with Crippen molar-refractivity contribution in [2.45, 2.75) is 18.9 Å². The van der Waals surface area contributed by atoms with Gasteiger partial charge in [-0.15, -0.1) is 0 Å². The highest BCUT2D eigenvalue weighted by molar-refractivity contribution is 5.76. The van der Waals surface area contributed by atoms with Crippen LogP contribution in [0, 0.1) is 0 Å². The first-order valence-corrected chi connectivity index (χ1v) is 7.91. The molecule has 2 amide bonds. The number of hydrogen-bond donors (Lipinski definition) is 1. The summed E-state index contributed by atoms with van der Waals surface area (Å²) in [5, 5.41) is 3.36. The summed E-state index contributed by atoms with van der Waals surface area (Å²) in [5.41, 5.74) is 0. The summed E-state index contributed by atoms with van der Waals surface area (Å²) in [7, 11) is 0. The number of hydrogen-bond acceptors (Lipinski definition) is 4. The van der Waals surface area contributed by atoms with Crippen molar-refractivity contribution in [3.63, 3.8) is 0 Å². The molecule has 3 aliphatic heterocycles. The Morgan fingerprint density at radius 3 is 2.55 bits per heavy atom. The smallest absolute Gasteiger partial charge is 0.320 e. The first kappa shape index (κ1) is 14.1. The highest BCUT2D eigenvalue weighted by Gasteiger charge is 2.33. The lowest BCUT2D eigenvalue weighted by atomic mass is 10.1. The Balaban J connectivity index is 1.45. The normalized spacial score (nSPS) is 26.5. The molecular weight excluding hydrogens is 256 g/mol. The number of rotatable bonds is 4. The lowest BCUT2D eigenvalue weighted by Gasteiger charge is -2.32. The molecule has 3 aliphatic rings. The molecule has 0 radical (unpaired) electrons. The molecule has 3 rings (SSSR count). The summed E-state index contributed by atoms with van der Waals surface area (Å²) >= 11 is 0. The number of carbonyl (C=O) groups is 1. The quantitative estimate of drug-likeness (QED) is 0.776. The van der Waals surface area contributed by atoms with Crippen LogP contribution in [0.5, 0.6) is 0 Å². The molecule has 0 saturated carbocycles. The molecule has 0 bridgehead atoms. The maximum absolute atomic E-state index is 12.5. The van der Waals surface area contributed by atoms with E-state index in [4.69, 9.17) is 4.74 Å². The predicted octanol–water partition coefficient (Wildman–Crippen LogP) is -0.192. The summed E-state index contributed by atoms with van der Waals surface area (Å²) in [6, 6.07) is 0.710. The van der Waals surface area contributed by atoms with Crippen LogP contribution in [0.15, 0.2) is 0 Å². The molecule has 0 aromatic rings. The van der Waals surface area contributed by atoms with Gasteiger partial charge in [-0.25, -0.2) is 4.79 Å². The molecule has 6 heteroatoms. The molecule has 1 N–H and O–H groups in total. The second-order valence-corrected chi connectivity index (χ2v) is 5.90. The monoisotopic (exact) mass is 282 g/mol. The summed E-state index contributed by atoms with van der Waals surface area (Å²) in [5.74, 6) is 0. The molecular formula is C14H26N4O2. The molecule has 0 aromatic carbocycles. The van der Waals surface area contributed by atoms with Crippen molar-refractivity contribution in [1.82, 2.24) is 20.0 Å². The average molecular weight is 282 g/mol. The van der Waals surface area contributed by atoms with Crippen molar-refractivity contribution in [2.75, 3.05) is 65.6 Å². The van der Waals surface area contributed by atoms with Gasteiger partial charge in [-0.3, -0.25) is 4.90 Å². The topological polar surface area (TPSA) is 48.1 Å². The second kappa shape index (κ2) is 6.74. The summed E-state index contributed by atoms with van der Waals surface area (Å²) in [6.07, 6.45) is 2.20. The zero-order chi connectivity index (χ0) is 13.8. The van der Waals surface area contributed by atoms with Crippen molar-refractivity contribution in [1.29, 1.82) is 0 Å². The van der Waals surface area contributed by atoms with Crippen LogP contribution in [-0.2, 0) is 4.74 Å². The molecule has 114 valence electrons. The van der Waals surface area contributed by atoms with Crippen molar-refractivity contribution in [3.8, 4) is 0 Å². The highest BCUT2D eigenvalue weighted by Crippen LogP contribution is 2.18. The molecule has 3 fully saturated rings. The minimum absolute atomic E-state index is 0.255. The van der Waals surface area contributed by atoms with E-state index in [0.29, 0.717) is 6.04 Å². The van der Waals surface area contributed by atoms with Crippen LogP contribution in [0.4, 0.5) is 4.79 Å². The van der Waals surface area contributed by atoms with Gasteiger partial charge in [0.1, 0.15) is 0 Å². The van der Waals surface area contributed by atoms with E-state index in [2.05, 4.69) is 15.1 Å². The van der Waals surface area contributed by atoms with Gasteiger partial charge in [-0.2, -0.15) is 0 Å². The van der Waals surface area contributed by atoms with Crippen molar-refractivity contribution in [3.05, 3.63) is 0 Å². The summed E-state index contributed by atoms with van der Waals surface area (Å²) < 4.78 is 5.35. The van der Waals surface area contributed by atoms with Crippen LogP contribution >= 0.6 is 0 Å². The third kappa shape index (κ3) is 3.24. The molecule has 20 heavy (non-hydrogen) atoms. The van der Waals surface area contributed by atoms with Crippen LogP contribution in [0.2, 0.25) is 0 Å². The number of piperidine rings is 1. The van der Waals surface area contributed by atoms with E-state index in [1.54, 1.807) is 0 Å². The van der Waals surface area contributed by atoms with Crippen LogP contribution in [-0.4, -0.2) is 92.3 Å². The van der Waals surface area contributed by atoms with E-state index >= 15 is 0 Å². The summed E-state index contributed by atoms with van der Waals surface area (Å²) in [4.78, 5) is 19.0. The SMILES string of the molecule is O=C1N(CCN2CCOCC2)CCN1C1CCNCC1. The Bertz CT molecular complexity index is 327. The number of nitrogens with one attached hydrogen (secondary N) is 1. The van der Waals surface area contributed by atoms with Gasteiger partial charge in [0.2, 0.25) is 0 Å². The zero-order valence-electron chi connectivity index (χ0n) is 12.2. The van der Waals surface area contributed by atoms with Crippen LogP contribution < -0.4 is 5.32 Å². The zero-order valence-corrected chi connectivity index (χ0v) is 12.2. The fourth-order valence-electron chi connectivity index (χ4n) is 3.35. The lowest BCUT2D eigenvalue weighted by Crippen LogP contribution is -2.46. The predicted molar refractivity (Wildman–Crippen MR) is 76.8 cm³/mol. The van der Waals surface area contributed by atoms with E-state index in [-0.39, 0.29) is 6.03 Å². The molecule has 3 saturated heterocycles. The Morgan fingerprint density at radius 1 is 1.05 bits per heavy atom. The number of urea groups is 1. The van der Waals surface area contributed by atoms with E-state index < -0.39 is 0 Å². The Morgan fingerprint density at radius 2 is 1.80 bits per heavy atom. The highest BCUT2D eigenvalue weighted by atomic mass is 16.5. The third-order valence-corrected chi connectivity index (χ3v) is 4.67. The first-order valence-electron chi connectivity index (χ1n) is 7.91. The largest absolute Gasteiger partial charge is 0.379 e. The third-order valence-electron chi connectivity index (χ3n) is 4.67. The van der Waals surface area contributed by atoms with Gasteiger partial charge >= 0.3 is 6.03 Å². The molecule has 0 aliphatic carbocycles. The molecule has 0 unspecified atom stereocenters. The molecule has 3 heterocycles. The molecule has 0 atom stereocenters. The van der Waals surface area contributed by atoms with E-state index in [1.807, 2.05) is 4.90 Å². The number of ether oxygens (including phenoxy) is 1. The Hall–Kier alpha value is -0.850. The van der Waals surface area contributed by atoms with Crippen LogP contribution in [0.25, 0.3) is 0 Å². The standard InChI is InChI=1S/C14H26N4O2/c19-14-17(6-5-16-9-11-20-12-10-16)7-8-18(14)13-1-3-15-4-2-13/h13,15H,1-12H2. The van der Waals surface area contributed by atoms with Gasteiger partial charge in [0, 0.05) is 45.3 Å². The molecule has 0 aromatic heterocycles. The van der Waals surface area contributed by atoms with Crippen LogP contribution in [0.3, 0.4) is 0 Å². The summed E-state index contributed by atoms with van der Waals surface area (Å²) in [6.45, 7) is 9.39. The van der Waals surface area contributed by atoms with Gasteiger partial charge in [0.05, 0.1) is 13.2 Å². The van der Waals surface area contributed by atoms with E-state index in [0.717, 1.165) is 78.4 Å². The Labute approximate surface area is 121 Å². The second-order valence-electron chi connectivity index (χ2n) is 5.90. The van der Waals surface area contributed by atoms with Crippen molar-refractivity contribution >= 4 is 6.03 Å². The van der Waals surface area contributed by atoms with Crippen molar-refractivity contribution in [2.24, 2.45) is 0 Å². The van der Waals surface area contributed by atoms with Crippen LogP contribution in [0.1, 0.15) is 12.8 Å². The first-order chi connectivity index (χ1) is 9.84. The van der Waals surface area contributed by atoms with Gasteiger partial charge in [-0.1, -0.05) is 0 Å². The fourth-order valence-corrected chi connectivity index (χ4v) is 3.35. The minimum atomic E-state index is 0.255. The maximum atomic E-state index is 12.5. The number of carbonyl (C=O) groups excluding carboxylic acids is 1. The van der Waals surface area contributed by atoms with E-state index in [1.165, 1.54) is 0 Å². The number of amides is 2. The fraction of sp³-hybridized carbons (Fsp3) is 0.929. The van der Waals surface area contributed by atoms with Crippen molar-refractivity contribution < 1.29 is 9.53 Å². The van der Waals surface area contributed by atoms with Gasteiger partial charge < -0.3 is 19.9 Å². The van der Waals surface area contributed by atoms with Gasteiger partial charge in [0.15, 0.2) is 0 Å². The lowest BCUT2D eigenvalue weighted by molar-refractivity contribution is 0.0354. The number of morpholine rings is 1. The maximum Gasteiger partial charge on any atom is 0.320 e. The number of nitrogens with zero attached hydrogens (tertiary/aromatic N) is 3. The minimum Gasteiger partial charge on any atom is -0.379 e. The van der Waals surface area contributed by atoms with Gasteiger partial charge in [-0.05, 0) is 25.9 Å².